The van der Waals surface area contributed by atoms with Gasteiger partial charge in [0.1, 0.15) is 0 Å². The lowest BCUT2D eigenvalue weighted by molar-refractivity contribution is 0.885. The van der Waals surface area contributed by atoms with Crippen LogP contribution < -0.4 is 5.32 Å². The number of hydrogen-bond donors (Lipinski definition) is 1. The SMILES string of the molecule is Cc1cccc(N=S2CCNC2)c1C. The van der Waals surface area contributed by atoms with Gasteiger partial charge < -0.3 is 5.32 Å². The fraction of sp³-hybridized carbons (Fsp3) is 0.455. The Bertz CT molecular complexity index is 364. The number of hydrogen-bond acceptors (Lipinski definition) is 2. The van der Waals surface area contributed by atoms with E-state index in [0.29, 0.717) is 0 Å². The number of nitrogens with zero attached hydrogens (tertiary/aromatic N) is 1. The van der Waals surface area contributed by atoms with Gasteiger partial charge in [0.15, 0.2) is 0 Å². The van der Waals surface area contributed by atoms with Crippen molar-refractivity contribution in [3.63, 3.8) is 0 Å². The summed E-state index contributed by atoms with van der Waals surface area (Å²) in [6.07, 6.45) is 0. The van der Waals surface area contributed by atoms with E-state index in [2.05, 4.69) is 37.4 Å². The summed E-state index contributed by atoms with van der Waals surface area (Å²) in [4.78, 5) is 0. The minimum absolute atomic E-state index is 0.217. The summed E-state index contributed by atoms with van der Waals surface area (Å²) in [5.41, 5.74) is 3.84. The van der Waals surface area contributed by atoms with Gasteiger partial charge in [0.05, 0.1) is 11.6 Å². The van der Waals surface area contributed by atoms with E-state index in [1.54, 1.807) is 0 Å². The molecule has 1 aromatic rings. The molecular formula is C11H16N2S. The Morgan fingerprint density at radius 2 is 2.21 bits per heavy atom. The molecule has 76 valence electrons. The topological polar surface area (TPSA) is 24.4 Å². The second kappa shape index (κ2) is 4.24. The van der Waals surface area contributed by atoms with E-state index in [1.807, 2.05) is 0 Å². The lowest BCUT2D eigenvalue weighted by atomic mass is 10.1. The maximum Gasteiger partial charge on any atom is 0.0735 e. The maximum absolute atomic E-state index is 4.78. The molecule has 1 aromatic carbocycles. The fourth-order valence-corrected chi connectivity index (χ4v) is 3.04. The van der Waals surface area contributed by atoms with Crippen molar-refractivity contribution in [3.05, 3.63) is 29.3 Å². The zero-order valence-corrected chi connectivity index (χ0v) is 9.53. The Morgan fingerprint density at radius 1 is 1.36 bits per heavy atom. The summed E-state index contributed by atoms with van der Waals surface area (Å²) in [5, 5.41) is 3.35. The normalized spacial score (nSPS) is 21.7. The highest BCUT2D eigenvalue weighted by Crippen LogP contribution is 2.22. The molecule has 1 aliphatic rings. The molecule has 1 saturated heterocycles. The van der Waals surface area contributed by atoms with Crippen LogP contribution in [0.2, 0.25) is 0 Å². The summed E-state index contributed by atoms with van der Waals surface area (Å²) in [6, 6.07) is 6.35. The Morgan fingerprint density at radius 3 is 2.93 bits per heavy atom. The van der Waals surface area contributed by atoms with E-state index >= 15 is 0 Å². The van der Waals surface area contributed by atoms with Gasteiger partial charge >= 0.3 is 0 Å². The zero-order valence-electron chi connectivity index (χ0n) is 8.71. The van der Waals surface area contributed by atoms with Crippen molar-refractivity contribution in [2.75, 3.05) is 18.2 Å². The molecule has 14 heavy (non-hydrogen) atoms. The van der Waals surface area contributed by atoms with E-state index in [9.17, 15) is 0 Å². The van der Waals surface area contributed by atoms with Gasteiger partial charge in [-0.05, 0) is 31.0 Å². The Labute approximate surface area is 87.8 Å². The molecule has 0 bridgehead atoms. The van der Waals surface area contributed by atoms with Crippen LogP contribution in [0.3, 0.4) is 0 Å². The van der Waals surface area contributed by atoms with E-state index in [1.165, 1.54) is 22.6 Å². The van der Waals surface area contributed by atoms with Crippen molar-refractivity contribution in [1.29, 1.82) is 0 Å². The first-order chi connectivity index (χ1) is 6.77. The van der Waals surface area contributed by atoms with Crippen molar-refractivity contribution < 1.29 is 0 Å². The van der Waals surface area contributed by atoms with E-state index in [4.69, 9.17) is 4.36 Å². The summed E-state index contributed by atoms with van der Waals surface area (Å²) < 4.78 is 4.78. The summed E-state index contributed by atoms with van der Waals surface area (Å²) >= 11 is 0. The van der Waals surface area contributed by atoms with Gasteiger partial charge in [-0.2, -0.15) is 0 Å². The van der Waals surface area contributed by atoms with Crippen LogP contribution in [0, 0.1) is 13.8 Å². The number of aryl methyl sites for hydroxylation is 1. The standard InChI is InChI=1S/C11H16N2S/c1-9-4-3-5-11(10(9)2)13-14-7-6-12-8-14/h3-5,12H,6-8H2,1-2H3. The van der Waals surface area contributed by atoms with Crippen LogP contribution in [-0.2, 0) is 10.7 Å². The van der Waals surface area contributed by atoms with Gasteiger partial charge in [0.25, 0.3) is 0 Å². The van der Waals surface area contributed by atoms with Crippen LogP contribution in [0.4, 0.5) is 5.69 Å². The molecule has 1 fully saturated rings. The smallest absolute Gasteiger partial charge is 0.0735 e. The molecular weight excluding hydrogens is 192 g/mol. The highest BCUT2D eigenvalue weighted by molar-refractivity contribution is 7.87. The van der Waals surface area contributed by atoms with Gasteiger partial charge in [-0.15, -0.1) is 0 Å². The van der Waals surface area contributed by atoms with Gasteiger partial charge in [-0.25, -0.2) is 4.36 Å². The zero-order chi connectivity index (χ0) is 9.97. The quantitative estimate of drug-likeness (QED) is 0.752. The van der Waals surface area contributed by atoms with Crippen molar-refractivity contribution >= 4 is 16.4 Å². The second-order valence-corrected chi connectivity index (χ2v) is 5.43. The summed E-state index contributed by atoms with van der Waals surface area (Å²) in [7, 11) is 0.217. The first-order valence-electron chi connectivity index (χ1n) is 4.93. The molecule has 0 saturated carbocycles. The third kappa shape index (κ3) is 2.04. The van der Waals surface area contributed by atoms with Crippen molar-refractivity contribution in [2.24, 2.45) is 4.36 Å². The molecule has 1 atom stereocenters. The van der Waals surface area contributed by atoms with Gasteiger partial charge in [0, 0.05) is 12.3 Å². The van der Waals surface area contributed by atoms with E-state index < -0.39 is 0 Å². The van der Waals surface area contributed by atoms with Gasteiger partial charge in [0.2, 0.25) is 0 Å². The fourth-order valence-electron chi connectivity index (χ4n) is 1.50. The molecule has 1 aliphatic heterocycles. The van der Waals surface area contributed by atoms with Crippen LogP contribution in [0.15, 0.2) is 22.6 Å². The average molecular weight is 208 g/mol. The van der Waals surface area contributed by atoms with Crippen molar-refractivity contribution in [2.45, 2.75) is 13.8 Å². The molecule has 1 N–H and O–H groups in total. The first kappa shape index (κ1) is 9.87. The minimum Gasteiger partial charge on any atom is -0.306 e. The Hall–Kier alpha value is -0.670. The largest absolute Gasteiger partial charge is 0.306 e. The lowest BCUT2D eigenvalue weighted by Gasteiger charge is -2.04. The third-order valence-corrected chi connectivity index (χ3v) is 4.25. The van der Waals surface area contributed by atoms with Crippen LogP contribution in [0.25, 0.3) is 0 Å². The van der Waals surface area contributed by atoms with Gasteiger partial charge in [-0.3, -0.25) is 0 Å². The minimum atomic E-state index is 0.217. The van der Waals surface area contributed by atoms with Crippen LogP contribution in [0.1, 0.15) is 11.1 Å². The van der Waals surface area contributed by atoms with Crippen LogP contribution >= 0.6 is 0 Å². The van der Waals surface area contributed by atoms with Crippen LogP contribution in [0.5, 0.6) is 0 Å². The lowest BCUT2D eigenvalue weighted by Crippen LogP contribution is -2.05. The number of rotatable bonds is 1. The Balaban J connectivity index is 2.32. The van der Waals surface area contributed by atoms with E-state index in [0.717, 1.165) is 12.4 Å². The number of nitrogens with one attached hydrogen (secondary N) is 1. The first-order valence-corrected chi connectivity index (χ1v) is 6.45. The van der Waals surface area contributed by atoms with Crippen molar-refractivity contribution in [3.8, 4) is 0 Å². The van der Waals surface area contributed by atoms with Crippen molar-refractivity contribution in [1.82, 2.24) is 5.32 Å². The molecule has 0 aromatic heterocycles. The molecule has 2 rings (SSSR count). The monoisotopic (exact) mass is 208 g/mol. The average Bonchev–Trinajstić information content (AvgIpc) is 2.66. The van der Waals surface area contributed by atoms with E-state index in [-0.39, 0.29) is 10.7 Å². The molecule has 1 unspecified atom stereocenters. The predicted molar refractivity (Wildman–Crippen MR) is 63.1 cm³/mol. The molecule has 3 heteroatoms. The summed E-state index contributed by atoms with van der Waals surface area (Å²) in [5.74, 6) is 2.26. The third-order valence-electron chi connectivity index (χ3n) is 2.59. The molecule has 0 aliphatic carbocycles. The molecule has 0 radical (unpaired) electrons. The Kier molecular flexibility index (Phi) is 2.99. The predicted octanol–water partition coefficient (Wildman–Crippen LogP) is 2.30. The molecule has 0 spiro atoms. The molecule has 2 nitrogen and oxygen atoms in total. The number of benzene rings is 1. The second-order valence-electron chi connectivity index (χ2n) is 3.62. The van der Waals surface area contributed by atoms with Gasteiger partial charge in [-0.1, -0.05) is 22.8 Å². The molecule has 1 heterocycles. The van der Waals surface area contributed by atoms with Crippen LogP contribution in [-0.4, -0.2) is 18.2 Å². The maximum atomic E-state index is 4.78. The molecule has 0 amide bonds. The summed E-state index contributed by atoms with van der Waals surface area (Å²) in [6.45, 7) is 5.42. The highest BCUT2D eigenvalue weighted by Gasteiger charge is 2.06. The highest BCUT2D eigenvalue weighted by atomic mass is 32.2.